The number of aryl methyl sites for hydroxylation is 1. The lowest BCUT2D eigenvalue weighted by molar-refractivity contribution is 0.0184. The Morgan fingerprint density at radius 1 is 0.826 bits per heavy atom. The zero-order valence-electron chi connectivity index (χ0n) is 14.7. The van der Waals surface area contributed by atoms with Crippen molar-refractivity contribution in [1.29, 1.82) is 0 Å². The first-order valence-corrected chi connectivity index (χ1v) is 7.28. The molecule has 0 aliphatic heterocycles. The standard InChI is InChI=1S/C17H24O6/c1-11-10-12(20-14(18)22-16(2,3)4)8-9-13(11)21-15(19)23-17(5,6)7/h8-10H,1-7H3. The van der Waals surface area contributed by atoms with Crippen molar-refractivity contribution in [2.24, 2.45) is 0 Å². The van der Waals surface area contributed by atoms with Crippen LogP contribution in [-0.2, 0) is 9.47 Å². The topological polar surface area (TPSA) is 71.1 Å². The maximum Gasteiger partial charge on any atom is 0.514 e. The molecule has 0 saturated carbocycles. The van der Waals surface area contributed by atoms with Crippen LogP contribution >= 0.6 is 0 Å². The summed E-state index contributed by atoms with van der Waals surface area (Å²) in [5, 5.41) is 0. The minimum Gasteiger partial charge on any atom is -0.428 e. The van der Waals surface area contributed by atoms with Crippen LogP contribution in [0.3, 0.4) is 0 Å². The quantitative estimate of drug-likeness (QED) is 0.584. The molecule has 23 heavy (non-hydrogen) atoms. The lowest BCUT2D eigenvalue weighted by atomic mass is 10.2. The van der Waals surface area contributed by atoms with Gasteiger partial charge in [0.2, 0.25) is 0 Å². The van der Waals surface area contributed by atoms with Gasteiger partial charge in [0.15, 0.2) is 0 Å². The highest BCUT2D eigenvalue weighted by molar-refractivity contribution is 5.66. The Morgan fingerprint density at radius 2 is 1.30 bits per heavy atom. The normalized spacial score (nSPS) is 11.6. The van der Waals surface area contributed by atoms with E-state index in [1.54, 1.807) is 54.5 Å². The fourth-order valence-corrected chi connectivity index (χ4v) is 1.53. The lowest BCUT2D eigenvalue weighted by Crippen LogP contribution is -2.26. The van der Waals surface area contributed by atoms with Gasteiger partial charge in [0.25, 0.3) is 0 Å². The van der Waals surface area contributed by atoms with Gasteiger partial charge in [-0.1, -0.05) is 0 Å². The second-order valence-electron chi connectivity index (χ2n) is 7.06. The number of hydrogen-bond donors (Lipinski definition) is 0. The lowest BCUT2D eigenvalue weighted by Gasteiger charge is -2.20. The monoisotopic (exact) mass is 324 g/mol. The Kier molecular flexibility index (Phi) is 5.64. The molecule has 0 saturated heterocycles. The summed E-state index contributed by atoms with van der Waals surface area (Å²) in [5.74, 6) is 0.629. The van der Waals surface area contributed by atoms with Crippen LogP contribution in [-0.4, -0.2) is 23.5 Å². The molecule has 6 heteroatoms. The van der Waals surface area contributed by atoms with E-state index in [1.807, 2.05) is 0 Å². The third-order valence-corrected chi connectivity index (χ3v) is 2.32. The van der Waals surface area contributed by atoms with Gasteiger partial charge in [-0.3, -0.25) is 0 Å². The molecule has 0 radical (unpaired) electrons. The zero-order chi connectivity index (χ0) is 17.8. The fraction of sp³-hybridized carbons (Fsp3) is 0.529. The second kappa shape index (κ2) is 6.89. The molecule has 1 rings (SSSR count). The van der Waals surface area contributed by atoms with Crippen LogP contribution in [0.2, 0.25) is 0 Å². The third kappa shape index (κ3) is 7.54. The van der Waals surface area contributed by atoms with Crippen LogP contribution in [0.5, 0.6) is 11.5 Å². The van der Waals surface area contributed by atoms with Crippen molar-refractivity contribution >= 4 is 12.3 Å². The van der Waals surface area contributed by atoms with E-state index in [0.717, 1.165) is 0 Å². The molecule has 0 fully saturated rings. The SMILES string of the molecule is Cc1cc(OC(=O)OC(C)(C)C)ccc1OC(=O)OC(C)(C)C. The largest absolute Gasteiger partial charge is 0.514 e. The number of ether oxygens (including phenoxy) is 4. The van der Waals surface area contributed by atoms with Gasteiger partial charge < -0.3 is 18.9 Å². The number of benzene rings is 1. The average molecular weight is 324 g/mol. The predicted molar refractivity (Wildman–Crippen MR) is 84.9 cm³/mol. The molecule has 0 N–H and O–H groups in total. The maximum atomic E-state index is 11.6. The van der Waals surface area contributed by atoms with Gasteiger partial charge in [-0.2, -0.15) is 0 Å². The van der Waals surface area contributed by atoms with E-state index in [2.05, 4.69) is 0 Å². The Bertz CT molecular complexity index is 578. The van der Waals surface area contributed by atoms with E-state index in [1.165, 1.54) is 12.1 Å². The van der Waals surface area contributed by atoms with Crippen LogP contribution in [0.4, 0.5) is 9.59 Å². The van der Waals surface area contributed by atoms with Crippen LogP contribution in [0.1, 0.15) is 47.1 Å². The Labute approximate surface area is 136 Å². The molecule has 0 amide bonds. The van der Waals surface area contributed by atoms with Crippen LogP contribution in [0.15, 0.2) is 18.2 Å². The first-order valence-electron chi connectivity index (χ1n) is 7.28. The van der Waals surface area contributed by atoms with Gasteiger partial charge in [-0.15, -0.1) is 0 Å². The van der Waals surface area contributed by atoms with E-state index < -0.39 is 23.5 Å². The molecule has 0 heterocycles. The summed E-state index contributed by atoms with van der Waals surface area (Å²) < 4.78 is 20.4. The summed E-state index contributed by atoms with van der Waals surface area (Å²) in [4.78, 5) is 23.3. The highest BCUT2D eigenvalue weighted by Crippen LogP contribution is 2.25. The van der Waals surface area contributed by atoms with Crippen LogP contribution in [0, 0.1) is 6.92 Å². The molecule has 0 aliphatic carbocycles. The first kappa shape index (κ1) is 18.8. The van der Waals surface area contributed by atoms with Crippen molar-refractivity contribution in [3.05, 3.63) is 23.8 Å². The van der Waals surface area contributed by atoms with Crippen molar-refractivity contribution in [2.45, 2.75) is 59.7 Å². The molecule has 0 bridgehead atoms. The average Bonchev–Trinajstić information content (AvgIpc) is 2.27. The highest BCUT2D eigenvalue weighted by atomic mass is 16.7. The van der Waals surface area contributed by atoms with Gasteiger partial charge in [0, 0.05) is 0 Å². The van der Waals surface area contributed by atoms with Crippen molar-refractivity contribution in [1.82, 2.24) is 0 Å². The highest BCUT2D eigenvalue weighted by Gasteiger charge is 2.20. The molecule has 128 valence electrons. The molecule has 6 nitrogen and oxygen atoms in total. The Balaban J connectivity index is 2.71. The van der Waals surface area contributed by atoms with Crippen molar-refractivity contribution in [2.75, 3.05) is 0 Å². The van der Waals surface area contributed by atoms with Crippen molar-refractivity contribution in [3.63, 3.8) is 0 Å². The molecule has 1 aromatic carbocycles. The second-order valence-corrected chi connectivity index (χ2v) is 7.06. The molecule has 0 spiro atoms. The number of hydrogen-bond acceptors (Lipinski definition) is 6. The van der Waals surface area contributed by atoms with Gasteiger partial charge in [0.1, 0.15) is 22.7 Å². The van der Waals surface area contributed by atoms with E-state index in [-0.39, 0.29) is 0 Å². The summed E-state index contributed by atoms with van der Waals surface area (Å²) in [6.45, 7) is 12.2. The maximum absolute atomic E-state index is 11.6. The van der Waals surface area contributed by atoms with E-state index in [9.17, 15) is 9.59 Å². The van der Waals surface area contributed by atoms with Gasteiger partial charge in [-0.05, 0) is 72.2 Å². The summed E-state index contributed by atoms with van der Waals surface area (Å²) in [7, 11) is 0. The van der Waals surface area contributed by atoms with E-state index in [4.69, 9.17) is 18.9 Å². The Hall–Kier alpha value is -2.24. The molecule has 1 aromatic rings. The van der Waals surface area contributed by atoms with Crippen molar-refractivity contribution in [3.8, 4) is 11.5 Å². The zero-order valence-corrected chi connectivity index (χ0v) is 14.7. The van der Waals surface area contributed by atoms with Crippen LogP contribution in [0.25, 0.3) is 0 Å². The summed E-state index contributed by atoms with van der Waals surface area (Å²) in [6, 6.07) is 4.61. The molecular weight excluding hydrogens is 300 g/mol. The molecule has 0 aromatic heterocycles. The molecule has 0 unspecified atom stereocenters. The molecule has 0 aliphatic rings. The minimum absolute atomic E-state index is 0.299. The third-order valence-electron chi connectivity index (χ3n) is 2.32. The first-order chi connectivity index (χ1) is 10.4. The smallest absolute Gasteiger partial charge is 0.428 e. The minimum atomic E-state index is -0.794. The summed E-state index contributed by atoms with van der Waals surface area (Å²) in [6.07, 6.45) is -1.58. The van der Waals surface area contributed by atoms with Gasteiger partial charge in [-0.25, -0.2) is 9.59 Å². The van der Waals surface area contributed by atoms with Crippen molar-refractivity contribution < 1.29 is 28.5 Å². The van der Waals surface area contributed by atoms with E-state index in [0.29, 0.717) is 17.1 Å². The predicted octanol–water partition coefficient (Wildman–Crippen LogP) is 4.62. The summed E-state index contributed by atoms with van der Waals surface area (Å²) >= 11 is 0. The molecular formula is C17H24O6. The number of rotatable bonds is 2. The van der Waals surface area contributed by atoms with E-state index >= 15 is 0 Å². The molecule has 0 atom stereocenters. The number of carbonyl (C=O) groups is 2. The summed E-state index contributed by atoms with van der Waals surface area (Å²) in [5.41, 5.74) is -0.645. The number of carbonyl (C=O) groups excluding carboxylic acids is 2. The van der Waals surface area contributed by atoms with Gasteiger partial charge >= 0.3 is 12.3 Å². The Morgan fingerprint density at radius 3 is 1.74 bits per heavy atom. The fourth-order valence-electron chi connectivity index (χ4n) is 1.53. The van der Waals surface area contributed by atoms with Crippen LogP contribution < -0.4 is 9.47 Å². The van der Waals surface area contributed by atoms with Gasteiger partial charge in [0.05, 0.1) is 0 Å².